The van der Waals surface area contributed by atoms with Crippen LogP contribution in [0.25, 0.3) is 5.57 Å². The molecule has 212 valence electrons. The molecule has 0 amide bonds. The number of carbonyl (C=O) groups is 1. The van der Waals surface area contributed by atoms with E-state index >= 15 is 0 Å². The van der Waals surface area contributed by atoms with Crippen molar-refractivity contribution in [2.45, 2.75) is 38.7 Å². The van der Waals surface area contributed by atoms with Gasteiger partial charge in [0.15, 0.2) is 6.10 Å². The number of benzene rings is 3. The van der Waals surface area contributed by atoms with E-state index in [2.05, 4.69) is 71.3 Å². The van der Waals surface area contributed by atoms with E-state index in [9.17, 15) is 4.79 Å². The van der Waals surface area contributed by atoms with Gasteiger partial charge in [-0.3, -0.25) is 4.90 Å². The molecule has 1 aliphatic carbocycles. The number of nitrogens with zero attached hydrogens (tertiary/aromatic N) is 1. The molecule has 6 heteroatoms. The molecular formula is C35H37NO5. The number of carboxylic acid groups (broad SMARTS) is 1. The second-order valence-electron chi connectivity index (χ2n) is 10.6. The number of aryl methyl sites for hydroxylation is 1. The molecule has 0 aromatic heterocycles. The van der Waals surface area contributed by atoms with Crippen LogP contribution in [-0.2, 0) is 9.53 Å². The fraction of sp³-hybridized carbons (Fsp3) is 0.343. The lowest BCUT2D eigenvalue weighted by atomic mass is 9.95. The van der Waals surface area contributed by atoms with Crippen molar-refractivity contribution in [3.05, 3.63) is 101 Å². The Morgan fingerprint density at radius 3 is 2.37 bits per heavy atom. The van der Waals surface area contributed by atoms with Crippen LogP contribution in [0.4, 0.5) is 0 Å². The van der Waals surface area contributed by atoms with Gasteiger partial charge in [-0.05, 0) is 96.8 Å². The molecule has 1 heterocycles. The minimum absolute atomic E-state index is 0.381. The zero-order valence-electron chi connectivity index (χ0n) is 23.8. The van der Waals surface area contributed by atoms with Crippen molar-refractivity contribution in [3.8, 4) is 23.3 Å². The van der Waals surface area contributed by atoms with E-state index < -0.39 is 12.1 Å². The predicted octanol–water partition coefficient (Wildman–Crippen LogP) is 5.92. The molecule has 1 unspecified atom stereocenters. The topological polar surface area (TPSA) is 68.2 Å². The highest BCUT2D eigenvalue weighted by molar-refractivity contribution is 5.80. The molecule has 3 aromatic rings. The molecule has 41 heavy (non-hydrogen) atoms. The molecule has 0 spiro atoms. The Morgan fingerprint density at radius 1 is 1.05 bits per heavy atom. The molecule has 1 saturated heterocycles. The summed E-state index contributed by atoms with van der Waals surface area (Å²) in [4.78, 5) is 13.4. The average Bonchev–Trinajstić information content (AvgIpc) is 3.84. The van der Waals surface area contributed by atoms with Gasteiger partial charge in [0.05, 0.1) is 19.8 Å². The summed E-state index contributed by atoms with van der Waals surface area (Å²) < 4.78 is 17.0. The first-order valence-corrected chi connectivity index (χ1v) is 14.3. The number of morpholine rings is 1. The SMILES string of the molecule is Cc1cc(OC/C=C(\c2ccc(C#CCN3CCOCC3)cc2)c2ccc(C3CC3)cc2)ccc1OC(C)C(=O)O. The van der Waals surface area contributed by atoms with Crippen LogP contribution in [0, 0.1) is 18.8 Å². The Hall–Kier alpha value is -4.05. The first-order valence-electron chi connectivity index (χ1n) is 14.3. The van der Waals surface area contributed by atoms with Crippen molar-refractivity contribution in [1.82, 2.24) is 4.90 Å². The number of aliphatic carboxylic acids is 1. The largest absolute Gasteiger partial charge is 0.489 e. The van der Waals surface area contributed by atoms with Crippen molar-refractivity contribution < 1.29 is 24.1 Å². The molecule has 0 bridgehead atoms. The molecular weight excluding hydrogens is 514 g/mol. The van der Waals surface area contributed by atoms with Gasteiger partial charge in [0.2, 0.25) is 0 Å². The van der Waals surface area contributed by atoms with E-state index in [1.807, 2.05) is 13.0 Å². The first-order chi connectivity index (χ1) is 20.0. The molecule has 0 radical (unpaired) electrons. The molecule has 1 aliphatic heterocycles. The normalized spacial score (nSPS) is 16.4. The van der Waals surface area contributed by atoms with E-state index in [1.165, 1.54) is 25.3 Å². The van der Waals surface area contributed by atoms with Crippen molar-refractivity contribution in [3.63, 3.8) is 0 Å². The summed E-state index contributed by atoms with van der Waals surface area (Å²) in [7, 11) is 0. The molecule has 1 atom stereocenters. The Labute approximate surface area is 242 Å². The Morgan fingerprint density at radius 2 is 1.73 bits per heavy atom. The third kappa shape index (κ3) is 8.00. The Bertz CT molecular complexity index is 1420. The highest BCUT2D eigenvalue weighted by atomic mass is 16.5. The molecule has 2 aliphatic rings. The summed E-state index contributed by atoms with van der Waals surface area (Å²) in [6, 6.07) is 22.7. The van der Waals surface area contributed by atoms with E-state index in [-0.39, 0.29) is 0 Å². The van der Waals surface area contributed by atoms with Crippen molar-refractivity contribution in [1.29, 1.82) is 0 Å². The van der Waals surface area contributed by atoms with Crippen LogP contribution < -0.4 is 9.47 Å². The van der Waals surface area contributed by atoms with Crippen LogP contribution in [0.3, 0.4) is 0 Å². The molecule has 2 fully saturated rings. The fourth-order valence-electron chi connectivity index (χ4n) is 4.81. The zero-order valence-corrected chi connectivity index (χ0v) is 23.8. The van der Waals surface area contributed by atoms with Crippen molar-refractivity contribution in [2.75, 3.05) is 39.5 Å². The zero-order chi connectivity index (χ0) is 28.6. The number of hydrogen-bond donors (Lipinski definition) is 1. The summed E-state index contributed by atoms with van der Waals surface area (Å²) >= 11 is 0. The lowest BCUT2D eigenvalue weighted by molar-refractivity contribution is -0.144. The van der Waals surface area contributed by atoms with Gasteiger partial charge < -0.3 is 19.3 Å². The van der Waals surface area contributed by atoms with E-state index in [0.717, 1.165) is 60.7 Å². The Balaban J connectivity index is 1.30. The monoisotopic (exact) mass is 551 g/mol. The van der Waals surface area contributed by atoms with Crippen LogP contribution in [0.5, 0.6) is 11.5 Å². The number of hydrogen-bond acceptors (Lipinski definition) is 5. The van der Waals surface area contributed by atoms with Crippen LogP contribution in [0.1, 0.15) is 53.5 Å². The van der Waals surface area contributed by atoms with Crippen molar-refractivity contribution in [2.24, 2.45) is 0 Å². The maximum Gasteiger partial charge on any atom is 0.344 e. The Kier molecular flexibility index (Phi) is 9.40. The molecule has 1 saturated carbocycles. The molecule has 6 nitrogen and oxygen atoms in total. The maximum atomic E-state index is 11.1. The minimum atomic E-state index is -0.999. The quantitative estimate of drug-likeness (QED) is 0.316. The smallest absolute Gasteiger partial charge is 0.344 e. The summed E-state index contributed by atoms with van der Waals surface area (Å²) in [5, 5.41) is 9.12. The van der Waals surface area contributed by atoms with Crippen LogP contribution in [0.15, 0.2) is 72.8 Å². The van der Waals surface area contributed by atoms with E-state index in [4.69, 9.17) is 19.3 Å². The first kappa shape index (κ1) is 28.5. The number of ether oxygens (including phenoxy) is 3. The van der Waals surface area contributed by atoms with Gasteiger partial charge in [0.1, 0.15) is 18.1 Å². The minimum Gasteiger partial charge on any atom is -0.489 e. The number of carboxylic acids is 1. The highest BCUT2D eigenvalue weighted by Crippen LogP contribution is 2.40. The van der Waals surface area contributed by atoms with Gasteiger partial charge in [-0.1, -0.05) is 48.2 Å². The predicted molar refractivity (Wildman–Crippen MR) is 160 cm³/mol. The van der Waals surface area contributed by atoms with Gasteiger partial charge in [0, 0.05) is 18.7 Å². The molecule has 3 aromatic carbocycles. The van der Waals surface area contributed by atoms with Crippen LogP contribution in [-0.4, -0.2) is 61.5 Å². The summed E-state index contributed by atoms with van der Waals surface area (Å²) in [5.41, 5.74) is 6.58. The standard InChI is InChI=1S/C35H37NO5/c1-25-24-32(15-16-34(25)41-26(2)35(37)38)40-21-17-33(31-13-11-29(12-14-31)28-9-10-28)30-7-5-27(6-8-30)4-3-18-36-19-22-39-23-20-36/h5-8,11-17,24,26,28H,9-10,18-23H2,1-2H3,(H,37,38)/b33-17+. The lowest BCUT2D eigenvalue weighted by Gasteiger charge is -2.24. The van der Waals surface area contributed by atoms with Gasteiger partial charge in [-0.15, -0.1) is 0 Å². The second kappa shape index (κ2) is 13.5. The third-order valence-electron chi connectivity index (χ3n) is 7.44. The van der Waals surface area contributed by atoms with Crippen molar-refractivity contribution >= 4 is 11.5 Å². The van der Waals surface area contributed by atoms with Gasteiger partial charge in [0.25, 0.3) is 0 Å². The maximum absolute atomic E-state index is 11.1. The lowest BCUT2D eigenvalue weighted by Crippen LogP contribution is -2.36. The molecule has 1 N–H and O–H groups in total. The van der Waals surface area contributed by atoms with Gasteiger partial charge >= 0.3 is 5.97 Å². The van der Waals surface area contributed by atoms with Gasteiger partial charge in [-0.25, -0.2) is 4.79 Å². The van der Waals surface area contributed by atoms with Crippen LogP contribution in [0.2, 0.25) is 0 Å². The summed E-state index contributed by atoms with van der Waals surface area (Å²) in [5.74, 6) is 7.54. The summed E-state index contributed by atoms with van der Waals surface area (Å²) in [6.07, 6.45) is 3.75. The number of rotatable bonds is 10. The highest BCUT2D eigenvalue weighted by Gasteiger charge is 2.23. The van der Waals surface area contributed by atoms with Gasteiger partial charge in [-0.2, -0.15) is 0 Å². The average molecular weight is 552 g/mol. The van der Waals surface area contributed by atoms with E-state index in [1.54, 1.807) is 12.1 Å². The molecule has 5 rings (SSSR count). The third-order valence-corrected chi connectivity index (χ3v) is 7.44. The summed E-state index contributed by atoms with van der Waals surface area (Å²) in [6.45, 7) is 7.96. The van der Waals surface area contributed by atoms with E-state index in [0.29, 0.717) is 24.0 Å². The van der Waals surface area contributed by atoms with Crippen LogP contribution >= 0.6 is 0 Å². The second-order valence-corrected chi connectivity index (χ2v) is 10.6. The fourth-order valence-corrected chi connectivity index (χ4v) is 4.81.